The Morgan fingerprint density at radius 1 is 1.26 bits per heavy atom. The smallest absolute Gasteiger partial charge is 0.189 e. The monoisotopic (exact) mass is 292 g/mol. The summed E-state index contributed by atoms with van der Waals surface area (Å²) in [5, 5.41) is 10.1. The van der Waals surface area contributed by atoms with Gasteiger partial charge < -0.3 is 14.6 Å². The Balaban J connectivity index is 0.00000133. The van der Waals surface area contributed by atoms with Gasteiger partial charge in [-0.3, -0.25) is 0 Å². The molecular formula is C15H16O3Ti. The number of fused-ring (bicyclic) bond motifs is 2. The van der Waals surface area contributed by atoms with Crippen molar-refractivity contribution in [3.05, 3.63) is 47.1 Å². The fraction of sp³-hybridized carbons (Fsp3) is 0.333. The van der Waals surface area contributed by atoms with Crippen LogP contribution in [-0.2, 0) is 32.9 Å². The maximum absolute atomic E-state index is 10.1. The summed E-state index contributed by atoms with van der Waals surface area (Å²) in [6, 6.07) is 6.12. The maximum atomic E-state index is 10.1. The van der Waals surface area contributed by atoms with Crippen molar-refractivity contribution < 1.29 is 36.3 Å². The molecule has 1 aromatic carbocycles. The van der Waals surface area contributed by atoms with Crippen LogP contribution >= 0.6 is 0 Å². The van der Waals surface area contributed by atoms with Gasteiger partial charge in [-0.05, 0) is 41.3 Å². The Morgan fingerprint density at radius 2 is 2.05 bits per heavy atom. The van der Waals surface area contributed by atoms with Crippen molar-refractivity contribution in [3.63, 3.8) is 0 Å². The van der Waals surface area contributed by atoms with Crippen LogP contribution in [0.3, 0.4) is 0 Å². The summed E-state index contributed by atoms with van der Waals surface area (Å²) >= 11 is 0. The van der Waals surface area contributed by atoms with E-state index in [1.54, 1.807) is 13.2 Å². The van der Waals surface area contributed by atoms with Crippen molar-refractivity contribution in [1.82, 2.24) is 0 Å². The van der Waals surface area contributed by atoms with E-state index in [0.717, 1.165) is 12.2 Å². The van der Waals surface area contributed by atoms with Crippen molar-refractivity contribution in [2.75, 3.05) is 14.2 Å². The van der Waals surface area contributed by atoms with Crippen LogP contribution in [0.2, 0.25) is 0 Å². The molecule has 3 nitrogen and oxygen atoms in total. The van der Waals surface area contributed by atoms with E-state index in [-0.39, 0.29) is 21.7 Å². The molecule has 1 atom stereocenters. The van der Waals surface area contributed by atoms with Gasteiger partial charge >= 0.3 is 0 Å². The average Bonchev–Trinajstić information content (AvgIpc) is 2.74. The Bertz CT molecular complexity index is 563. The van der Waals surface area contributed by atoms with Crippen LogP contribution in [0, 0.1) is 0 Å². The molecule has 0 aromatic heterocycles. The van der Waals surface area contributed by atoms with Gasteiger partial charge in [0, 0.05) is 35.2 Å². The van der Waals surface area contributed by atoms with Crippen molar-refractivity contribution in [2.24, 2.45) is 0 Å². The third-order valence-electron chi connectivity index (χ3n) is 3.72. The van der Waals surface area contributed by atoms with Gasteiger partial charge in [0.1, 0.15) is 5.75 Å². The molecule has 1 N–H and O–H groups in total. The summed E-state index contributed by atoms with van der Waals surface area (Å²) in [5.41, 5.74) is 4.93. The van der Waals surface area contributed by atoms with E-state index in [9.17, 15) is 5.11 Å². The fourth-order valence-corrected chi connectivity index (χ4v) is 2.71. The van der Waals surface area contributed by atoms with Gasteiger partial charge in [0.05, 0.1) is 7.11 Å². The number of benzene rings is 1. The molecule has 0 radical (unpaired) electrons. The summed E-state index contributed by atoms with van der Waals surface area (Å²) in [4.78, 5) is 0. The number of allylic oxidation sites excluding steroid dienone is 2. The largest absolute Gasteiger partial charge is 0.497 e. The third kappa shape index (κ3) is 2.44. The summed E-state index contributed by atoms with van der Waals surface area (Å²) in [5.74, 6) is -0.273. The van der Waals surface area contributed by atoms with Crippen LogP contribution in [0.5, 0.6) is 5.75 Å². The van der Waals surface area contributed by atoms with E-state index in [1.807, 2.05) is 12.1 Å². The van der Waals surface area contributed by atoms with E-state index < -0.39 is 5.79 Å². The molecule has 0 bridgehead atoms. The molecule has 0 saturated heterocycles. The first-order chi connectivity index (χ1) is 8.65. The van der Waals surface area contributed by atoms with Gasteiger partial charge in [-0.1, -0.05) is 17.7 Å². The van der Waals surface area contributed by atoms with E-state index in [2.05, 4.69) is 12.1 Å². The van der Waals surface area contributed by atoms with Crippen LogP contribution in [0.4, 0.5) is 0 Å². The number of ether oxygens (including phenoxy) is 2. The van der Waals surface area contributed by atoms with Crippen LogP contribution in [-0.4, -0.2) is 25.1 Å². The predicted octanol–water partition coefficient (Wildman–Crippen LogP) is 2.30. The molecule has 4 heteroatoms. The molecular weight excluding hydrogens is 276 g/mol. The van der Waals surface area contributed by atoms with Crippen LogP contribution < -0.4 is 4.74 Å². The zero-order valence-corrected chi connectivity index (χ0v) is 12.6. The normalized spacial score (nSPS) is 23.7. The number of rotatable bonds is 2. The first kappa shape index (κ1) is 14.5. The van der Waals surface area contributed by atoms with Gasteiger partial charge in [-0.25, -0.2) is 0 Å². The minimum atomic E-state index is -1.15. The topological polar surface area (TPSA) is 38.7 Å². The maximum Gasteiger partial charge on any atom is 0.189 e. The Labute approximate surface area is 127 Å². The van der Waals surface area contributed by atoms with Crippen molar-refractivity contribution in [2.45, 2.75) is 18.6 Å². The average molecular weight is 292 g/mol. The first-order valence-corrected chi connectivity index (χ1v) is 6.01. The SMILES string of the molecule is COc1ccc2c(c1)CC1=C2C=CC(O)(OC)C1.[Ti]. The molecule has 2 aliphatic rings. The molecule has 2 aliphatic carbocycles. The minimum Gasteiger partial charge on any atom is -0.497 e. The van der Waals surface area contributed by atoms with Crippen molar-refractivity contribution in [3.8, 4) is 5.75 Å². The molecule has 3 rings (SSSR count). The van der Waals surface area contributed by atoms with Crippen LogP contribution in [0.25, 0.3) is 5.57 Å². The summed E-state index contributed by atoms with van der Waals surface area (Å²) < 4.78 is 10.4. The predicted molar refractivity (Wildman–Crippen MR) is 69.3 cm³/mol. The Kier molecular flexibility index (Phi) is 4.02. The molecule has 1 aromatic rings. The summed E-state index contributed by atoms with van der Waals surface area (Å²) in [6.45, 7) is 0. The minimum absolute atomic E-state index is 0. The number of aliphatic hydroxyl groups is 1. The van der Waals surface area contributed by atoms with Gasteiger partial charge in [-0.15, -0.1) is 0 Å². The summed E-state index contributed by atoms with van der Waals surface area (Å²) in [6.07, 6.45) is 5.08. The van der Waals surface area contributed by atoms with Gasteiger partial charge in [0.15, 0.2) is 5.79 Å². The second-order valence-corrected chi connectivity index (χ2v) is 4.78. The second kappa shape index (κ2) is 5.25. The molecule has 98 valence electrons. The van der Waals surface area contributed by atoms with E-state index in [0.29, 0.717) is 6.42 Å². The molecule has 19 heavy (non-hydrogen) atoms. The molecule has 0 amide bonds. The standard InChI is InChI=1S/C15H16O3.Ti/c1-17-12-3-4-13-10(8-12)7-11-9-15(16,18-2)6-5-14(11)13;/h3-6,8,16H,7,9H2,1-2H3;. The fourth-order valence-electron chi connectivity index (χ4n) is 2.71. The van der Waals surface area contributed by atoms with Gasteiger partial charge in [0.25, 0.3) is 0 Å². The molecule has 0 aliphatic heterocycles. The molecule has 1 unspecified atom stereocenters. The van der Waals surface area contributed by atoms with Gasteiger partial charge in [0.2, 0.25) is 0 Å². The Morgan fingerprint density at radius 3 is 2.74 bits per heavy atom. The first-order valence-electron chi connectivity index (χ1n) is 6.01. The second-order valence-electron chi connectivity index (χ2n) is 4.78. The zero-order valence-electron chi connectivity index (χ0n) is 11.1. The van der Waals surface area contributed by atoms with Crippen LogP contribution in [0.1, 0.15) is 17.5 Å². The molecule has 0 fully saturated rings. The van der Waals surface area contributed by atoms with Crippen molar-refractivity contribution in [1.29, 1.82) is 0 Å². The van der Waals surface area contributed by atoms with Crippen molar-refractivity contribution >= 4 is 5.57 Å². The summed E-state index contributed by atoms with van der Waals surface area (Å²) in [7, 11) is 3.20. The number of methoxy groups -OCH3 is 2. The zero-order chi connectivity index (χ0) is 12.8. The Hall–Kier alpha value is -0.866. The molecule has 0 spiro atoms. The van der Waals surface area contributed by atoms with Crippen LogP contribution in [0.15, 0.2) is 35.9 Å². The quantitative estimate of drug-likeness (QED) is 0.671. The van der Waals surface area contributed by atoms with E-state index in [1.165, 1.54) is 29.4 Å². The third-order valence-corrected chi connectivity index (χ3v) is 3.72. The number of hydrogen-bond donors (Lipinski definition) is 1. The van der Waals surface area contributed by atoms with E-state index in [4.69, 9.17) is 9.47 Å². The molecule has 0 heterocycles. The number of hydrogen-bond acceptors (Lipinski definition) is 3. The van der Waals surface area contributed by atoms with E-state index >= 15 is 0 Å². The van der Waals surface area contributed by atoms with Gasteiger partial charge in [-0.2, -0.15) is 0 Å². The molecule has 0 saturated carbocycles.